The Morgan fingerprint density at radius 1 is 0.944 bits per heavy atom. The fourth-order valence-corrected chi connectivity index (χ4v) is 1.99. The molecule has 4 nitrogen and oxygen atoms in total. The average molecular weight is 301 g/mol. The first-order valence-electron chi connectivity index (χ1n) is 5.41. The highest BCUT2D eigenvalue weighted by Gasteiger charge is 2.08. The molecule has 5 heteroatoms. The zero-order chi connectivity index (χ0) is 12.4. The average Bonchev–Trinajstić information content (AvgIpc) is 2.90. The number of benzene rings is 1. The Kier molecular flexibility index (Phi) is 2.90. The largest absolute Gasteiger partial charge is 0.282 e. The molecule has 3 aromatic rings. The monoisotopic (exact) mass is 300 g/mol. The molecular weight excluding hydrogens is 292 g/mol. The second-order valence-corrected chi connectivity index (χ2v) is 4.65. The van der Waals surface area contributed by atoms with Crippen LogP contribution in [0.2, 0.25) is 0 Å². The molecule has 0 saturated heterocycles. The van der Waals surface area contributed by atoms with Crippen molar-refractivity contribution in [2.45, 2.75) is 0 Å². The highest BCUT2D eigenvalue weighted by atomic mass is 79.9. The summed E-state index contributed by atoms with van der Waals surface area (Å²) in [5.74, 6) is 0.805. The summed E-state index contributed by atoms with van der Waals surface area (Å²) < 4.78 is 2.99. The van der Waals surface area contributed by atoms with Gasteiger partial charge in [-0.1, -0.05) is 15.9 Å². The molecule has 0 fully saturated rings. The van der Waals surface area contributed by atoms with Crippen LogP contribution in [-0.2, 0) is 0 Å². The Morgan fingerprint density at radius 3 is 2.39 bits per heavy atom. The molecule has 2 heterocycles. The van der Waals surface area contributed by atoms with E-state index in [0.29, 0.717) is 0 Å². The number of halogens is 1. The number of aromatic nitrogens is 4. The van der Waals surface area contributed by atoms with Crippen LogP contribution in [0.25, 0.3) is 17.1 Å². The van der Waals surface area contributed by atoms with E-state index in [4.69, 9.17) is 0 Å². The molecule has 18 heavy (non-hydrogen) atoms. The lowest BCUT2D eigenvalue weighted by molar-refractivity contribution is 1.06. The summed E-state index contributed by atoms with van der Waals surface area (Å²) in [5, 5.41) is 8.14. The molecule has 0 radical (unpaired) electrons. The van der Waals surface area contributed by atoms with Gasteiger partial charge in [-0.25, -0.2) is 0 Å². The molecule has 0 aliphatic rings. The summed E-state index contributed by atoms with van der Waals surface area (Å²) in [7, 11) is 0. The van der Waals surface area contributed by atoms with Gasteiger partial charge in [0.2, 0.25) is 0 Å². The van der Waals surface area contributed by atoms with Crippen LogP contribution in [-0.4, -0.2) is 19.7 Å². The van der Waals surface area contributed by atoms with Crippen molar-refractivity contribution >= 4 is 15.9 Å². The number of nitrogens with zero attached hydrogens (tertiary/aromatic N) is 4. The molecule has 0 unspecified atom stereocenters. The Hall–Kier alpha value is -2.01. The van der Waals surface area contributed by atoms with E-state index in [1.54, 1.807) is 18.7 Å². The van der Waals surface area contributed by atoms with Gasteiger partial charge in [-0.3, -0.25) is 9.55 Å². The van der Waals surface area contributed by atoms with Crippen molar-refractivity contribution in [2.24, 2.45) is 0 Å². The normalized spacial score (nSPS) is 10.5. The van der Waals surface area contributed by atoms with E-state index in [1.165, 1.54) is 0 Å². The molecule has 0 N–H and O–H groups in total. The highest BCUT2D eigenvalue weighted by Crippen LogP contribution is 2.20. The van der Waals surface area contributed by atoms with E-state index in [-0.39, 0.29) is 0 Å². The van der Waals surface area contributed by atoms with Gasteiger partial charge in [0.25, 0.3) is 0 Å². The second-order valence-electron chi connectivity index (χ2n) is 3.74. The van der Waals surface area contributed by atoms with E-state index in [2.05, 4.69) is 31.1 Å². The summed E-state index contributed by atoms with van der Waals surface area (Å²) in [6.45, 7) is 0. The SMILES string of the molecule is Brc1ccc(-n2cnnc2-c2ccncc2)cc1. The van der Waals surface area contributed by atoms with Gasteiger partial charge in [-0.15, -0.1) is 10.2 Å². The third-order valence-electron chi connectivity index (χ3n) is 2.59. The molecule has 88 valence electrons. The molecule has 3 rings (SSSR count). The molecule has 0 amide bonds. The van der Waals surface area contributed by atoms with Gasteiger partial charge in [0.05, 0.1) is 0 Å². The first kappa shape index (κ1) is 11.1. The van der Waals surface area contributed by atoms with Crippen LogP contribution >= 0.6 is 15.9 Å². The maximum Gasteiger partial charge on any atom is 0.168 e. The summed E-state index contributed by atoms with van der Waals surface area (Å²) in [6.07, 6.45) is 5.20. The van der Waals surface area contributed by atoms with Crippen molar-refractivity contribution in [2.75, 3.05) is 0 Å². The maximum atomic E-state index is 4.16. The molecule has 0 atom stereocenters. The number of rotatable bonds is 2. The van der Waals surface area contributed by atoms with Crippen molar-refractivity contribution in [3.63, 3.8) is 0 Å². The predicted octanol–water partition coefficient (Wildman–Crippen LogP) is 3.09. The van der Waals surface area contributed by atoms with Crippen molar-refractivity contribution in [3.8, 4) is 17.1 Å². The van der Waals surface area contributed by atoms with E-state index in [0.717, 1.165) is 21.5 Å². The zero-order valence-electron chi connectivity index (χ0n) is 9.36. The first-order chi connectivity index (χ1) is 8.84. The molecule has 0 spiro atoms. The number of pyridine rings is 1. The van der Waals surface area contributed by atoms with Crippen molar-refractivity contribution in [3.05, 3.63) is 59.6 Å². The van der Waals surface area contributed by atoms with Crippen LogP contribution < -0.4 is 0 Å². The van der Waals surface area contributed by atoms with Crippen LogP contribution in [0.4, 0.5) is 0 Å². The van der Waals surface area contributed by atoms with Crippen LogP contribution in [0.5, 0.6) is 0 Å². The summed E-state index contributed by atoms with van der Waals surface area (Å²) in [6, 6.07) is 11.8. The van der Waals surface area contributed by atoms with Gasteiger partial charge in [0, 0.05) is 28.1 Å². The fourth-order valence-electron chi connectivity index (χ4n) is 1.72. The Balaban J connectivity index is 2.10. The molecular formula is C13H9BrN4. The number of hydrogen-bond acceptors (Lipinski definition) is 3. The third-order valence-corrected chi connectivity index (χ3v) is 3.12. The third kappa shape index (κ3) is 2.04. The summed E-state index contributed by atoms with van der Waals surface area (Å²) in [4.78, 5) is 4.01. The topological polar surface area (TPSA) is 43.6 Å². The molecule has 0 aliphatic carbocycles. The molecule has 0 bridgehead atoms. The minimum Gasteiger partial charge on any atom is -0.282 e. The molecule has 0 aliphatic heterocycles. The van der Waals surface area contributed by atoms with Gasteiger partial charge in [-0.05, 0) is 36.4 Å². The lowest BCUT2D eigenvalue weighted by atomic mass is 10.2. The van der Waals surface area contributed by atoms with Crippen LogP contribution in [0.1, 0.15) is 0 Å². The second kappa shape index (κ2) is 4.70. The van der Waals surface area contributed by atoms with Crippen LogP contribution in [0.15, 0.2) is 59.6 Å². The Bertz CT molecular complexity index is 646. The minimum absolute atomic E-state index is 0.805. The minimum atomic E-state index is 0.805. The predicted molar refractivity (Wildman–Crippen MR) is 72.3 cm³/mol. The smallest absolute Gasteiger partial charge is 0.168 e. The van der Waals surface area contributed by atoms with Crippen molar-refractivity contribution < 1.29 is 0 Å². The molecule has 1 aromatic carbocycles. The maximum absolute atomic E-state index is 4.16. The van der Waals surface area contributed by atoms with Gasteiger partial charge in [-0.2, -0.15) is 0 Å². The molecule has 2 aromatic heterocycles. The quantitative estimate of drug-likeness (QED) is 0.730. The summed E-state index contributed by atoms with van der Waals surface area (Å²) >= 11 is 3.42. The van der Waals surface area contributed by atoms with Crippen LogP contribution in [0, 0.1) is 0 Å². The van der Waals surface area contributed by atoms with Crippen molar-refractivity contribution in [1.29, 1.82) is 0 Å². The van der Waals surface area contributed by atoms with E-state index >= 15 is 0 Å². The Morgan fingerprint density at radius 2 is 1.67 bits per heavy atom. The highest BCUT2D eigenvalue weighted by molar-refractivity contribution is 9.10. The first-order valence-corrected chi connectivity index (χ1v) is 6.20. The van der Waals surface area contributed by atoms with E-state index in [9.17, 15) is 0 Å². The van der Waals surface area contributed by atoms with Gasteiger partial charge in [0.1, 0.15) is 6.33 Å². The lowest BCUT2D eigenvalue weighted by Gasteiger charge is -2.06. The van der Waals surface area contributed by atoms with E-state index in [1.807, 2.05) is 41.0 Å². The van der Waals surface area contributed by atoms with Gasteiger partial charge in [0.15, 0.2) is 5.82 Å². The lowest BCUT2D eigenvalue weighted by Crippen LogP contribution is -1.95. The Labute approximate surface area is 112 Å². The standard InChI is InChI=1S/C13H9BrN4/c14-11-1-3-12(4-2-11)18-9-16-17-13(18)10-5-7-15-8-6-10/h1-9H. The van der Waals surface area contributed by atoms with Crippen LogP contribution in [0.3, 0.4) is 0 Å². The van der Waals surface area contributed by atoms with Gasteiger partial charge >= 0.3 is 0 Å². The fraction of sp³-hybridized carbons (Fsp3) is 0. The molecule has 0 saturated carbocycles. The van der Waals surface area contributed by atoms with Crippen molar-refractivity contribution in [1.82, 2.24) is 19.7 Å². The number of hydrogen-bond donors (Lipinski definition) is 0. The summed E-state index contributed by atoms with van der Waals surface area (Å²) in [5.41, 5.74) is 2.01. The zero-order valence-corrected chi connectivity index (χ0v) is 10.9. The van der Waals surface area contributed by atoms with Gasteiger partial charge < -0.3 is 0 Å². The van der Waals surface area contributed by atoms with E-state index < -0.39 is 0 Å².